The maximum absolute atomic E-state index is 11.4. The number of anilines is 1. The smallest absolute Gasteiger partial charge is 0.342 e. The third-order valence-electron chi connectivity index (χ3n) is 3.69. The first-order valence-corrected chi connectivity index (χ1v) is 6.58. The van der Waals surface area contributed by atoms with Crippen molar-refractivity contribution in [3.63, 3.8) is 0 Å². The first-order valence-electron chi connectivity index (χ1n) is 6.58. The Kier molecular flexibility index (Phi) is 4.17. The van der Waals surface area contributed by atoms with Crippen molar-refractivity contribution in [3.05, 3.63) is 20.8 Å². The van der Waals surface area contributed by atoms with Gasteiger partial charge in [-0.2, -0.15) is 0 Å². The van der Waals surface area contributed by atoms with E-state index in [1.54, 1.807) is 0 Å². The maximum atomic E-state index is 11.4. The zero-order chi connectivity index (χ0) is 13.0. The molecule has 1 aliphatic carbocycles. The largest absolute Gasteiger partial charge is 0.364 e. The number of H-pyrrole nitrogens is 2. The van der Waals surface area contributed by atoms with Crippen molar-refractivity contribution in [2.75, 3.05) is 11.9 Å². The first-order chi connectivity index (χ1) is 8.65. The molecular weight excluding hydrogens is 232 g/mol. The minimum absolute atomic E-state index is 0.193. The Hall–Kier alpha value is -1.59. The molecule has 1 aromatic rings. The van der Waals surface area contributed by atoms with Crippen LogP contribution in [0.5, 0.6) is 0 Å². The van der Waals surface area contributed by atoms with Crippen LogP contribution in [0.25, 0.3) is 0 Å². The van der Waals surface area contributed by atoms with Gasteiger partial charge in [0.25, 0.3) is 5.56 Å². The van der Waals surface area contributed by atoms with E-state index < -0.39 is 11.2 Å². The van der Waals surface area contributed by atoms with Gasteiger partial charge in [-0.05, 0) is 18.3 Å². The van der Waals surface area contributed by atoms with Crippen LogP contribution in [0.15, 0.2) is 9.59 Å². The van der Waals surface area contributed by atoms with E-state index >= 15 is 0 Å². The van der Waals surface area contributed by atoms with Gasteiger partial charge in [-0.15, -0.1) is 5.10 Å². The second kappa shape index (κ2) is 5.84. The summed E-state index contributed by atoms with van der Waals surface area (Å²) in [6.07, 6.45) is 6.22. The van der Waals surface area contributed by atoms with Gasteiger partial charge in [0, 0.05) is 6.54 Å². The lowest BCUT2D eigenvalue weighted by atomic mass is 9.81. The molecule has 18 heavy (non-hydrogen) atoms. The third kappa shape index (κ3) is 3.45. The van der Waals surface area contributed by atoms with Crippen molar-refractivity contribution in [1.29, 1.82) is 0 Å². The Morgan fingerprint density at radius 3 is 2.67 bits per heavy atom. The predicted octanol–water partition coefficient (Wildman–Crippen LogP) is 1.09. The minimum atomic E-state index is -0.577. The molecular formula is C12H20N4O2. The maximum Gasteiger partial charge on any atom is 0.342 e. The summed E-state index contributed by atoms with van der Waals surface area (Å²) in [5, 5.41) is 8.87. The summed E-state index contributed by atoms with van der Waals surface area (Å²) in [6, 6.07) is 0. The van der Waals surface area contributed by atoms with Gasteiger partial charge in [-0.3, -0.25) is 9.78 Å². The third-order valence-corrected chi connectivity index (χ3v) is 3.69. The first kappa shape index (κ1) is 12.9. The SMILES string of the molecule is CC1CCC(CCNc2n[nH]c(=O)[nH]c2=O)CC1. The molecule has 6 heteroatoms. The van der Waals surface area contributed by atoms with E-state index in [2.05, 4.69) is 27.4 Å². The van der Waals surface area contributed by atoms with Crippen molar-refractivity contribution in [3.8, 4) is 0 Å². The summed E-state index contributed by atoms with van der Waals surface area (Å²) in [6.45, 7) is 3.03. The molecule has 0 bridgehead atoms. The summed E-state index contributed by atoms with van der Waals surface area (Å²) in [7, 11) is 0. The number of nitrogens with one attached hydrogen (secondary N) is 3. The normalized spacial score (nSPS) is 23.8. The summed E-state index contributed by atoms with van der Waals surface area (Å²) in [5.74, 6) is 1.80. The Morgan fingerprint density at radius 1 is 1.28 bits per heavy atom. The van der Waals surface area contributed by atoms with Gasteiger partial charge < -0.3 is 5.32 Å². The van der Waals surface area contributed by atoms with Crippen LogP contribution in [0.1, 0.15) is 39.0 Å². The summed E-state index contributed by atoms with van der Waals surface area (Å²) in [4.78, 5) is 24.3. The van der Waals surface area contributed by atoms with Gasteiger partial charge in [-0.25, -0.2) is 9.89 Å². The standard InChI is InChI=1S/C12H20N4O2/c1-8-2-4-9(5-3-8)6-7-13-10-11(17)14-12(18)16-15-10/h8-9H,2-7H2,1H3,(H,13,15)(H2,14,16,17,18). The second-order valence-electron chi connectivity index (χ2n) is 5.20. The molecule has 0 spiro atoms. The van der Waals surface area contributed by atoms with Gasteiger partial charge in [0.15, 0.2) is 0 Å². The highest BCUT2D eigenvalue weighted by Crippen LogP contribution is 2.29. The summed E-state index contributed by atoms with van der Waals surface area (Å²) >= 11 is 0. The molecule has 3 N–H and O–H groups in total. The molecule has 0 radical (unpaired) electrons. The van der Waals surface area contributed by atoms with Crippen molar-refractivity contribution in [2.24, 2.45) is 11.8 Å². The minimum Gasteiger partial charge on any atom is -0.364 e. The van der Waals surface area contributed by atoms with E-state index in [-0.39, 0.29) is 5.82 Å². The van der Waals surface area contributed by atoms with E-state index in [1.165, 1.54) is 25.7 Å². The molecule has 2 rings (SSSR count). The monoisotopic (exact) mass is 252 g/mol. The van der Waals surface area contributed by atoms with Crippen LogP contribution in [0.3, 0.4) is 0 Å². The average molecular weight is 252 g/mol. The fraction of sp³-hybridized carbons (Fsp3) is 0.750. The van der Waals surface area contributed by atoms with Crippen LogP contribution in [0, 0.1) is 11.8 Å². The lowest BCUT2D eigenvalue weighted by Crippen LogP contribution is -2.27. The van der Waals surface area contributed by atoms with Crippen LogP contribution in [-0.2, 0) is 0 Å². The summed E-state index contributed by atoms with van der Waals surface area (Å²) < 4.78 is 0. The van der Waals surface area contributed by atoms with E-state index in [1.807, 2.05) is 0 Å². The van der Waals surface area contributed by atoms with Gasteiger partial charge in [0.2, 0.25) is 5.82 Å². The zero-order valence-electron chi connectivity index (χ0n) is 10.7. The molecule has 1 heterocycles. The van der Waals surface area contributed by atoms with Gasteiger partial charge in [0.1, 0.15) is 0 Å². The van der Waals surface area contributed by atoms with E-state index in [0.29, 0.717) is 0 Å². The quantitative estimate of drug-likeness (QED) is 0.748. The molecule has 0 atom stereocenters. The Bertz CT molecular complexity index is 485. The molecule has 0 amide bonds. The Morgan fingerprint density at radius 2 is 2.00 bits per heavy atom. The van der Waals surface area contributed by atoms with Crippen molar-refractivity contribution >= 4 is 5.82 Å². The van der Waals surface area contributed by atoms with E-state index in [9.17, 15) is 9.59 Å². The number of aromatic nitrogens is 3. The molecule has 0 unspecified atom stereocenters. The van der Waals surface area contributed by atoms with Crippen LogP contribution in [-0.4, -0.2) is 21.7 Å². The molecule has 1 saturated carbocycles. The molecule has 0 saturated heterocycles. The Labute approximate surface area is 105 Å². The number of hydrogen-bond acceptors (Lipinski definition) is 4. The zero-order valence-corrected chi connectivity index (χ0v) is 10.7. The predicted molar refractivity (Wildman–Crippen MR) is 69.7 cm³/mol. The van der Waals surface area contributed by atoms with Crippen molar-refractivity contribution in [2.45, 2.75) is 39.0 Å². The summed E-state index contributed by atoms with van der Waals surface area (Å²) in [5.41, 5.74) is -1.04. The molecule has 0 aliphatic heterocycles. The lowest BCUT2D eigenvalue weighted by Gasteiger charge is -2.26. The average Bonchev–Trinajstić information content (AvgIpc) is 2.34. The molecule has 1 fully saturated rings. The second-order valence-corrected chi connectivity index (χ2v) is 5.20. The van der Waals surface area contributed by atoms with Crippen LogP contribution in [0.2, 0.25) is 0 Å². The fourth-order valence-electron chi connectivity index (χ4n) is 2.48. The molecule has 100 valence electrons. The topological polar surface area (TPSA) is 90.6 Å². The molecule has 0 aromatic carbocycles. The molecule has 1 aromatic heterocycles. The number of hydrogen-bond donors (Lipinski definition) is 3. The molecule has 6 nitrogen and oxygen atoms in total. The van der Waals surface area contributed by atoms with Crippen molar-refractivity contribution < 1.29 is 0 Å². The van der Waals surface area contributed by atoms with Crippen molar-refractivity contribution in [1.82, 2.24) is 15.2 Å². The van der Waals surface area contributed by atoms with Crippen LogP contribution in [0.4, 0.5) is 5.82 Å². The fourth-order valence-corrected chi connectivity index (χ4v) is 2.48. The number of rotatable bonds is 4. The molecule has 1 aliphatic rings. The van der Waals surface area contributed by atoms with E-state index in [0.717, 1.165) is 24.8 Å². The Balaban J connectivity index is 1.78. The highest BCUT2D eigenvalue weighted by atomic mass is 16.2. The lowest BCUT2D eigenvalue weighted by molar-refractivity contribution is 0.282. The van der Waals surface area contributed by atoms with E-state index in [4.69, 9.17) is 0 Å². The van der Waals surface area contributed by atoms with Gasteiger partial charge in [-0.1, -0.05) is 32.6 Å². The van der Waals surface area contributed by atoms with Gasteiger partial charge in [0.05, 0.1) is 0 Å². The highest BCUT2D eigenvalue weighted by Gasteiger charge is 2.17. The van der Waals surface area contributed by atoms with Crippen LogP contribution < -0.4 is 16.6 Å². The van der Waals surface area contributed by atoms with Gasteiger partial charge >= 0.3 is 5.69 Å². The number of nitrogens with zero attached hydrogens (tertiary/aromatic N) is 1. The number of aromatic amines is 2. The highest BCUT2D eigenvalue weighted by molar-refractivity contribution is 5.28. The van der Waals surface area contributed by atoms with Crippen LogP contribution >= 0.6 is 0 Å².